The number of anilines is 1. The van der Waals surface area contributed by atoms with Crippen molar-refractivity contribution in [2.75, 3.05) is 11.9 Å². The van der Waals surface area contributed by atoms with E-state index in [-0.39, 0.29) is 12.6 Å². The maximum absolute atomic E-state index is 12.2. The van der Waals surface area contributed by atoms with Crippen molar-refractivity contribution in [3.8, 4) is 0 Å². The molecule has 1 aromatic carbocycles. The maximum atomic E-state index is 12.2. The lowest BCUT2D eigenvalue weighted by atomic mass is 10.1. The molecule has 1 fully saturated rings. The molecule has 0 radical (unpaired) electrons. The van der Waals surface area contributed by atoms with Crippen LogP contribution in [0, 0.1) is 5.92 Å². The van der Waals surface area contributed by atoms with Gasteiger partial charge in [0, 0.05) is 17.0 Å². The van der Waals surface area contributed by atoms with Gasteiger partial charge in [-0.15, -0.1) is 0 Å². The number of nitrogens with one attached hydrogen (secondary N) is 1. The molecule has 2 rings (SSSR count). The van der Waals surface area contributed by atoms with Crippen LogP contribution in [-0.4, -0.2) is 24.2 Å². The normalized spacial score (nSPS) is 14.9. The second kappa shape index (κ2) is 8.86. The minimum Gasteiger partial charge on any atom is -0.456 e. The van der Waals surface area contributed by atoms with Crippen LogP contribution < -0.4 is 5.32 Å². The van der Waals surface area contributed by atoms with Crippen LogP contribution in [0.15, 0.2) is 29.2 Å². The summed E-state index contributed by atoms with van der Waals surface area (Å²) < 4.78 is 29.4. The number of amides is 1. The number of carbonyl (C=O) groups excluding carboxylic acids is 2. The van der Waals surface area contributed by atoms with Gasteiger partial charge in [0.15, 0.2) is 6.61 Å². The molecule has 0 heterocycles. The molecule has 1 saturated carbocycles. The lowest BCUT2D eigenvalue weighted by molar-refractivity contribution is -0.148. The van der Waals surface area contributed by atoms with Gasteiger partial charge >= 0.3 is 5.97 Å². The summed E-state index contributed by atoms with van der Waals surface area (Å²) in [6.07, 6.45) is 4.76. The fourth-order valence-electron chi connectivity index (χ4n) is 2.57. The van der Waals surface area contributed by atoms with Gasteiger partial charge in [0.25, 0.3) is 11.7 Å². The number of benzene rings is 1. The fraction of sp³-hybridized carbons (Fsp3) is 0.500. The number of rotatable bonds is 7. The van der Waals surface area contributed by atoms with E-state index in [1.54, 1.807) is 0 Å². The van der Waals surface area contributed by atoms with Gasteiger partial charge in [0.1, 0.15) is 0 Å². The van der Waals surface area contributed by atoms with Gasteiger partial charge < -0.3 is 10.1 Å². The Bertz CT molecular complexity index is 531. The van der Waals surface area contributed by atoms with Crippen molar-refractivity contribution >= 4 is 29.3 Å². The Morgan fingerprint density at radius 2 is 1.87 bits per heavy atom. The number of halogens is 2. The van der Waals surface area contributed by atoms with Gasteiger partial charge in [0.05, 0.1) is 0 Å². The van der Waals surface area contributed by atoms with Gasteiger partial charge in [-0.2, -0.15) is 8.78 Å². The summed E-state index contributed by atoms with van der Waals surface area (Å²) >= 11 is 0.440. The number of esters is 1. The molecule has 0 saturated heterocycles. The Kier molecular flexibility index (Phi) is 6.83. The highest BCUT2D eigenvalue weighted by Crippen LogP contribution is 2.28. The van der Waals surface area contributed by atoms with E-state index in [0.717, 1.165) is 25.7 Å². The first-order valence-corrected chi connectivity index (χ1v) is 8.41. The van der Waals surface area contributed by atoms with Crippen LogP contribution in [0.4, 0.5) is 14.5 Å². The third-order valence-corrected chi connectivity index (χ3v) is 4.38. The molecule has 0 bridgehead atoms. The van der Waals surface area contributed by atoms with Gasteiger partial charge in [-0.3, -0.25) is 9.59 Å². The molecule has 0 aliphatic heterocycles. The van der Waals surface area contributed by atoms with Crippen molar-refractivity contribution in [3.05, 3.63) is 24.3 Å². The average Bonchev–Trinajstić information content (AvgIpc) is 2.99. The SMILES string of the molecule is O=C(COC(=O)CC1CCCC1)Nc1ccc(SC(F)F)cc1. The number of alkyl halides is 2. The van der Waals surface area contributed by atoms with E-state index in [2.05, 4.69) is 5.32 Å². The second-order valence-electron chi connectivity index (χ2n) is 5.47. The van der Waals surface area contributed by atoms with Crippen LogP contribution >= 0.6 is 11.8 Å². The molecule has 0 spiro atoms. The number of hydrogen-bond donors (Lipinski definition) is 1. The minimum absolute atomic E-state index is 0.334. The van der Waals surface area contributed by atoms with E-state index in [9.17, 15) is 18.4 Å². The summed E-state index contributed by atoms with van der Waals surface area (Å²) in [7, 11) is 0. The van der Waals surface area contributed by atoms with Crippen LogP contribution in [0.2, 0.25) is 0 Å². The predicted molar refractivity (Wildman–Crippen MR) is 84.5 cm³/mol. The van der Waals surface area contributed by atoms with Crippen LogP contribution in [0.3, 0.4) is 0 Å². The summed E-state index contributed by atoms with van der Waals surface area (Å²) in [6, 6.07) is 6.06. The van der Waals surface area contributed by atoms with Gasteiger partial charge in [0.2, 0.25) is 0 Å². The van der Waals surface area contributed by atoms with Gasteiger partial charge in [-0.25, -0.2) is 0 Å². The quantitative estimate of drug-likeness (QED) is 0.599. The number of hydrogen-bond acceptors (Lipinski definition) is 4. The first-order chi connectivity index (χ1) is 11.0. The van der Waals surface area contributed by atoms with Crippen LogP contribution in [0.1, 0.15) is 32.1 Å². The molecule has 7 heteroatoms. The molecule has 1 aliphatic carbocycles. The predicted octanol–water partition coefficient (Wildman–Crippen LogP) is 4.06. The van der Waals surface area contributed by atoms with Crippen molar-refractivity contribution in [2.24, 2.45) is 5.92 Å². The molecule has 0 unspecified atom stereocenters. The Balaban J connectivity index is 1.70. The third kappa shape index (κ3) is 6.56. The van der Waals surface area contributed by atoms with E-state index < -0.39 is 11.7 Å². The zero-order valence-electron chi connectivity index (χ0n) is 12.6. The monoisotopic (exact) mass is 343 g/mol. The number of ether oxygens (including phenoxy) is 1. The maximum Gasteiger partial charge on any atom is 0.306 e. The first kappa shape index (κ1) is 17.7. The van der Waals surface area contributed by atoms with Crippen LogP contribution in [0.25, 0.3) is 0 Å². The Morgan fingerprint density at radius 1 is 1.22 bits per heavy atom. The van der Waals surface area contributed by atoms with Crippen molar-refractivity contribution in [1.29, 1.82) is 0 Å². The number of thioether (sulfide) groups is 1. The van der Waals surface area contributed by atoms with Gasteiger partial charge in [-0.05, 0) is 43.0 Å². The Morgan fingerprint density at radius 3 is 2.48 bits per heavy atom. The summed E-state index contributed by atoms with van der Waals surface area (Å²) in [5.41, 5.74) is 0.473. The molecule has 0 aromatic heterocycles. The summed E-state index contributed by atoms with van der Waals surface area (Å²) in [5.74, 6) is -2.89. The van der Waals surface area contributed by atoms with Crippen molar-refractivity contribution < 1.29 is 23.1 Å². The summed E-state index contributed by atoms with van der Waals surface area (Å²) in [5, 5.41) is 2.56. The highest BCUT2D eigenvalue weighted by Gasteiger charge is 2.19. The Hall–Kier alpha value is -1.63. The largest absolute Gasteiger partial charge is 0.456 e. The highest BCUT2D eigenvalue weighted by atomic mass is 32.2. The summed E-state index contributed by atoms with van der Waals surface area (Å²) in [6.45, 7) is -0.334. The molecule has 1 N–H and O–H groups in total. The zero-order valence-corrected chi connectivity index (χ0v) is 13.4. The van der Waals surface area contributed by atoms with E-state index in [1.165, 1.54) is 24.3 Å². The molecule has 4 nitrogen and oxygen atoms in total. The standard InChI is InChI=1S/C16H19F2NO3S/c17-16(18)23-13-7-5-12(6-8-13)19-14(20)10-22-15(21)9-11-3-1-2-4-11/h5-8,11,16H,1-4,9-10H2,(H,19,20). The van der Waals surface area contributed by atoms with E-state index in [0.29, 0.717) is 34.7 Å². The number of carbonyl (C=O) groups is 2. The lowest BCUT2D eigenvalue weighted by Crippen LogP contribution is -2.21. The van der Waals surface area contributed by atoms with Crippen molar-refractivity contribution in [3.63, 3.8) is 0 Å². The van der Waals surface area contributed by atoms with E-state index >= 15 is 0 Å². The molecule has 1 aromatic rings. The van der Waals surface area contributed by atoms with Crippen LogP contribution in [-0.2, 0) is 14.3 Å². The first-order valence-electron chi connectivity index (χ1n) is 7.53. The molecular formula is C16H19F2NO3S. The Labute approximate surface area is 138 Å². The molecular weight excluding hydrogens is 324 g/mol. The molecule has 0 atom stereocenters. The minimum atomic E-state index is -2.48. The molecule has 1 aliphatic rings. The fourth-order valence-corrected chi connectivity index (χ4v) is 3.07. The lowest BCUT2D eigenvalue weighted by Gasteiger charge is -2.09. The van der Waals surface area contributed by atoms with E-state index in [1.807, 2.05) is 0 Å². The second-order valence-corrected chi connectivity index (χ2v) is 6.53. The third-order valence-electron chi connectivity index (χ3n) is 3.66. The summed E-state index contributed by atoms with van der Waals surface area (Å²) in [4.78, 5) is 23.7. The molecule has 23 heavy (non-hydrogen) atoms. The molecule has 126 valence electrons. The smallest absolute Gasteiger partial charge is 0.306 e. The van der Waals surface area contributed by atoms with Gasteiger partial charge in [-0.1, -0.05) is 24.6 Å². The topological polar surface area (TPSA) is 55.4 Å². The van der Waals surface area contributed by atoms with Crippen molar-refractivity contribution in [2.45, 2.75) is 42.8 Å². The highest BCUT2D eigenvalue weighted by molar-refractivity contribution is 7.99. The molecule has 1 amide bonds. The van der Waals surface area contributed by atoms with Crippen LogP contribution in [0.5, 0.6) is 0 Å². The van der Waals surface area contributed by atoms with Crippen molar-refractivity contribution in [1.82, 2.24) is 0 Å². The zero-order chi connectivity index (χ0) is 16.7. The average molecular weight is 343 g/mol. The van der Waals surface area contributed by atoms with E-state index in [4.69, 9.17) is 4.74 Å².